The van der Waals surface area contributed by atoms with Gasteiger partial charge < -0.3 is 20.1 Å². The predicted octanol–water partition coefficient (Wildman–Crippen LogP) is 4.55. The second-order valence-electron chi connectivity index (χ2n) is 11.8. The second kappa shape index (κ2) is 10.3. The number of aromatic amines is 1. The van der Waals surface area contributed by atoms with Crippen LogP contribution in [-0.4, -0.2) is 73.7 Å². The lowest BCUT2D eigenvalue weighted by Gasteiger charge is -2.39. The number of amides is 3. The van der Waals surface area contributed by atoms with Gasteiger partial charge in [0, 0.05) is 35.8 Å². The monoisotopic (exact) mass is 570 g/mol. The maximum absolute atomic E-state index is 13.8. The quantitative estimate of drug-likeness (QED) is 0.342. The number of rotatable bonds is 5. The summed E-state index contributed by atoms with van der Waals surface area (Å²) in [6.07, 6.45) is 2.33. The topological polar surface area (TPSA) is 111 Å². The summed E-state index contributed by atoms with van der Waals surface area (Å²) in [4.78, 5) is 55.8. The summed E-state index contributed by atoms with van der Waals surface area (Å²) in [5, 5.41) is 4.31. The van der Waals surface area contributed by atoms with E-state index in [1.807, 2.05) is 73.0 Å². The third kappa shape index (κ3) is 5.17. The molecule has 2 fully saturated rings. The number of benzene rings is 1. The summed E-state index contributed by atoms with van der Waals surface area (Å²) in [5.74, 6) is -0.606. The smallest absolute Gasteiger partial charge is 0.272 e. The van der Waals surface area contributed by atoms with Crippen LogP contribution in [-0.2, 0) is 4.79 Å². The lowest BCUT2D eigenvalue weighted by atomic mass is 9.85. The molecule has 2 bridgehead atoms. The van der Waals surface area contributed by atoms with E-state index in [1.165, 1.54) is 0 Å². The van der Waals surface area contributed by atoms with Gasteiger partial charge in [-0.3, -0.25) is 19.4 Å². The van der Waals surface area contributed by atoms with Crippen LogP contribution in [0.5, 0.6) is 0 Å². The number of fused-ring (bicyclic) bond motifs is 3. The van der Waals surface area contributed by atoms with Crippen LogP contribution in [0.15, 0.2) is 66.9 Å². The Morgan fingerprint density at radius 2 is 1.76 bits per heavy atom. The Morgan fingerprint density at radius 1 is 1.00 bits per heavy atom. The highest BCUT2D eigenvalue weighted by Gasteiger charge is 2.50. The van der Waals surface area contributed by atoms with Crippen molar-refractivity contribution in [2.75, 3.05) is 13.1 Å². The van der Waals surface area contributed by atoms with Gasteiger partial charge in [-0.15, -0.1) is 0 Å². The van der Waals surface area contributed by atoms with Crippen LogP contribution in [0, 0.1) is 5.41 Å². The van der Waals surface area contributed by atoms with Crippen molar-refractivity contribution < 1.29 is 14.4 Å². The van der Waals surface area contributed by atoms with E-state index in [0.29, 0.717) is 41.7 Å². The fraction of sp³-hybridized carbons (Fsp3) is 0.323. The van der Waals surface area contributed by atoms with E-state index < -0.39 is 11.5 Å². The van der Waals surface area contributed by atoms with Crippen LogP contribution in [0.3, 0.4) is 0 Å². The van der Waals surface area contributed by atoms with Crippen molar-refractivity contribution in [1.29, 1.82) is 0 Å². The first-order chi connectivity index (χ1) is 19.6. The molecule has 2 aliphatic rings. The van der Waals surface area contributed by atoms with Gasteiger partial charge in [-0.2, -0.15) is 0 Å². The van der Waals surface area contributed by atoms with Crippen molar-refractivity contribution in [3.63, 3.8) is 0 Å². The van der Waals surface area contributed by atoms with Gasteiger partial charge in [-0.05, 0) is 48.2 Å². The number of hydrogen-bond donors (Lipinski definition) is 2. The Balaban J connectivity index is 1.13. The third-order valence-corrected chi connectivity index (χ3v) is 8.15. The highest BCUT2D eigenvalue weighted by Crippen LogP contribution is 2.34. The van der Waals surface area contributed by atoms with Crippen molar-refractivity contribution >= 4 is 40.2 Å². The molecule has 3 aromatic heterocycles. The van der Waals surface area contributed by atoms with Gasteiger partial charge in [0.25, 0.3) is 11.8 Å². The first-order valence-corrected chi connectivity index (χ1v) is 14.1. The van der Waals surface area contributed by atoms with E-state index in [4.69, 9.17) is 11.6 Å². The molecule has 10 heteroatoms. The summed E-state index contributed by atoms with van der Waals surface area (Å²) in [7, 11) is 0. The molecular formula is C31H31ClN6O3. The fourth-order valence-electron chi connectivity index (χ4n) is 5.79. The number of carbonyl (C=O) groups is 3. The standard InChI is InChI=1S/C31H31ClN6O3/c1-31(2,3)27(36-28(39)25-13-18-7-4-5-8-22(18)34-25)30(41)38-17-20-14-21(38)16-37(20)29(40)24-12-11-19(15-33-24)23-9-6-10-26(32)35-23/h4-13,15,20-21,27,34H,14,16-17H2,1-3H3,(H,36,39). The minimum atomic E-state index is -0.723. The van der Waals surface area contributed by atoms with Crippen LogP contribution in [0.1, 0.15) is 48.2 Å². The normalized spacial score (nSPS) is 19.0. The van der Waals surface area contributed by atoms with Crippen LogP contribution in [0.2, 0.25) is 5.15 Å². The molecule has 0 spiro atoms. The second-order valence-corrected chi connectivity index (χ2v) is 12.2. The van der Waals surface area contributed by atoms with Crippen molar-refractivity contribution in [2.45, 2.75) is 45.3 Å². The number of aromatic nitrogens is 3. The Bertz CT molecular complexity index is 1610. The SMILES string of the molecule is CC(C)(C)C(NC(=O)c1cc2ccccc2[nH]1)C(=O)N1CC2CC1CN2C(=O)c1ccc(-c2cccc(Cl)n2)cn1. The number of H-pyrrole nitrogens is 1. The zero-order valence-electron chi connectivity index (χ0n) is 23.1. The molecule has 0 radical (unpaired) electrons. The summed E-state index contributed by atoms with van der Waals surface area (Å²) < 4.78 is 0. The summed E-state index contributed by atoms with van der Waals surface area (Å²) >= 11 is 6.00. The molecule has 4 aromatic rings. The molecule has 0 aliphatic carbocycles. The molecule has 9 nitrogen and oxygen atoms in total. The number of nitrogens with one attached hydrogen (secondary N) is 2. The molecule has 1 aromatic carbocycles. The van der Waals surface area contributed by atoms with E-state index in [-0.39, 0.29) is 29.8 Å². The van der Waals surface area contributed by atoms with Crippen molar-refractivity contribution in [2.24, 2.45) is 5.41 Å². The zero-order valence-corrected chi connectivity index (χ0v) is 23.9. The maximum atomic E-state index is 13.8. The van der Waals surface area contributed by atoms with Gasteiger partial charge in [-0.25, -0.2) is 4.98 Å². The molecule has 2 N–H and O–H groups in total. The highest BCUT2D eigenvalue weighted by molar-refractivity contribution is 6.29. The highest BCUT2D eigenvalue weighted by atomic mass is 35.5. The van der Waals surface area contributed by atoms with E-state index >= 15 is 0 Å². The Labute approximate surface area is 242 Å². The molecular weight excluding hydrogens is 540 g/mol. The van der Waals surface area contributed by atoms with Gasteiger partial charge in [0.15, 0.2) is 0 Å². The average Bonchev–Trinajstić information content (AvgIpc) is 3.69. The van der Waals surface area contributed by atoms with E-state index in [0.717, 1.165) is 16.5 Å². The lowest BCUT2D eigenvalue weighted by molar-refractivity contribution is -0.138. The first kappa shape index (κ1) is 27.0. The molecule has 3 atom stereocenters. The molecule has 2 aliphatic heterocycles. The lowest BCUT2D eigenvalue weighted by Crippen LogP contribution is -2.59. The summed E-state index contributed by atoms with van der Waals surface area (Å²) in [5.41, 5.74) is 2.56. The maximum Gasteiger partial charge on any atom is 0.272 e. The van der Waals surface area contributed by atoms with Crippen molar-refractivity contribution in [1.82, 2.24) is 30.1 Å². The summed E-state index contributed by atoms with van der Waals surface area (Å²) in [6.45, 7) is 6.69. The minimum absolute atomic E-state index is 0.0995. The number of carbonyl (C=O) groups excluding carboxylic acids is 3. The predicted molar refractivity (Wildman–Crippen MR) is 156 cm³/mol. The van der Waals surface area contributed by atoms with Gasteiger partial charge in [0.2, 0.25) is 5.91 Å². The molecule has 3 amide bonds. The molecule has 5 heterocycles. The van der Waals surface area contributed by atoms with Crippen LogP contribution < -0.4 is 5.32 Å². The molecule has 41 heavy (non-hydrogen) atoms. The number of hydrogen-bond acceptors (Lipinski definition) is 5. The molecule has 210 valence electrons. The Hall–Kier alpha value is -4.24. The number of pyridine rings is 2. The molecule has 2 saturated heterocycles. The number of likely N-dealkylation sites (tertiary alicyclic amines) is 2. The number of nitrogens with zero attached hydrogens (tertiary/aromatic N) is 4. The van der Waals surface area contributed by atoms with Crippen LogP contribution in [0.4, 0.5) is 0 Å². The average molecular weight is 571 g/mol. The zero-order chi connectivity index (χ0) is 28.9. The van der Waals surface area contributed by atoms with Crippen LogP contribution >= 0.6 is 11.6 Å². The van der Waals surface area contributed by atoms with E-state index in [9.17, 15) is 14.4 Å². The van der Waals surface area contributed by atoms with Gasteiger partial charge in [0.1, 0.15) is 22.6 Å². The largest absolute Gasteiger partial charge is 0.351 e. The minimum Gasteiger partial charge on any atom is -0.351 e. The van der Waals surface area contributed by atoms with Crippen molar-refractivity contribution in [3.8, 4) is 11.3 Å². The number of para-hydroxylation sites is 1. The number of halogens is 1. The molecule has 3 unspecified atom stereocenters. The van der Waals surface area contributed by atoms with Crippen LogP contribution in [0.25, 0.3) is 22.2 Å². The van der Waals surface area contributed by atoms with Gasteiger partial charge in [-0.1, -0.05) is 56.6 Å². The van der Waals surface area contributed by atoms with Crippen molar-refractivity contribution in [3.05, 3.63) is 83.4 Å². The van der Waals surface area contributed by atoms with E-state index in [1.54, 1.807) is 24.4 Å². The number of piperazine rings is 1. The molecule has 6 rings (SSSR count). The van der Waals surface area contributed by atoms with Gasteiger partial charge in [0.05, 0.1) is 17.8 Å². The fourth-order valence-corrected chi connectivity index (χ4v) is 5.96. The third-order valence-electron chi connectivity index (χ3n) is 7.94. The first-order valence-electron chi connectivity index (χ1n) is 13.7. The summed E-state index contributed by atoms with van der Waals surface area (Å²) in [6, 6.07) is 17.4. The Morgan fingerprint density at radius 3 is 2.41 bits per heavy atom. The van der Waals surface area contributed by atoms with E-state index in [2.05, 4.69) is 20.3 Å². The Kier molecular flexibility index (Phi) is 6.77. The van der Waals surface area contributed by atoms with Gasteiger partial charge >= 0.3 is 0 Å². The molecule has 0 saturated carbocycles.